The van der Waals surface area contributed by atoms with E-state index in [0.29, 0.717) is 55.9 Å². The summed E-state index contributed by atoms with van der Waals surface area (Å²) in [7, 11) is 1.65. The summed E-state index contributed by atoms with van der Waals surface area (Å²) in [5.41, 5.74) is 1.82. The molecule has 0 atom stereocenters. The molecule has 166 valence electrons. The lowest BCUT2D eigenvalue weighted by Crippen LogP contribution is -2.43. The molecule has 0 aromatic heterocycles. The molecule has 3 rings (SSSR count). The van der Waals surface area contributed by atoms with Crippen LogP contribution in [0.5, 0.6) is 17.2 Å². The van der Waals surface area contributed by atoms with Gasteiger partial charge in [0, 0.05) is 30.8 Å². The van der Waals surface area contributed by atoms with Crippen molar-refractivity contribution in [3.05, 3.63) is 53.6 Å². The third kappa shape index (κ3) is 6.32. The third-order valence-corrected chi connectivity index (χ3v) is 5.23. The molecule has 0 unspecified atom stereocenters. The first-order valence-corrected chi connectivity index (χ1v) is 10.7. The first-order chi connectivity index (χ1) is 15.1. The topological polar surface area (TPSA) is 69.3 Å². The molecule has 1 amide bonds. The summed E-state index contributed by atoms with van der Waals surface area (Å²) in [5, 5.41) is 3.25. The predicted octanol–water partition coefficient (Wildman–Crippen LogP) is 2.80. The van der Waals surface area contributed by atoms with Gasteiger partial charge in [-0.15, -0.1) is 0 Å². The van der Waals surface area contributed by atoms with Crippen LogP contribution in [-0.2, 0) is 16.1 Å². The first kappa shape index (κ1) is 22.8. The number of para-hydroxylation sites is 1. The number of amides is 1. The molecule has 0 bridgehead atoms. The molecule has 0 radical (unpaired) electrons. The molecule has 1 saturated heterocycles. The van der Waals surface area contributed by atoms with Crippen LogP contribution in [0.25, 0.3) is 0 Å². The SMILES string of the molecule is CCOc1cc(C(=S)NCc2ccccc2OC)ccc1OCC(=O)N1CCOCC1. The summed E-state index contributed by atoms with van der Waals surface area (Å²) in [6.45, 7) is 5.16. The van der Waals surface area contributed by atoms with Gasteiger partial charge in [-0.3, -0.25) is 4.79 Å². The van der Waals surface area contributed by atoms with Crippen molar-refractivity contribution in [2.45, 2.75) is 13.5 Å². The fourth-order valence-electron chi connectivity index (χ4n) is 3.21. The minimum absolute atomic E-state index is 0.0457. The van der Waals surface area contributed by atoms with Gasteiger partial charge in [-0.25, -0.2) is 0 Å². The van der Waals surface area contributed by atoms with E-state index in [-0.39, 0.29) is 12.5 Å². The molecule has 0 spiro atoms. The van der Waals surface area contributed by atoms with Crippen LogP contribution >= 0.6 is 12.2 Å². The quantitative estimate of drug-likeness (QED) is 0.597. The standard InChI is InChI=1S/C23H28N2O5S/c1-3-29-21-14-17(23(31)24-15-18-6-4-5-7-19(18)27-2)8-9-20(21)30-16-22(26)25-10-12-28-13-11-25/h4-9,14H,3,10-13,15-16H2,1-2H3,(H,24,31). The Morgan fingerprint density at radius 1 is 1.10 bits per heavy atom. The van der Waals surface area contributed by atoms with Gasteiger partial charge < -0.3 is 29.2 Å². The number of hydrogen-bond acceptors (Lipinski definition) is 6. The summed E-state index contributed by atoms with van der Waals surface area (Å²) in [6.07, 6.45) is 0. The van der Waals surface area contributed by atoms with E-state index in [4.69, 9.17) is 31.2 Å². The highest BCUT2D eigenvalue weighted by atomic mass is 32.1. The Labute approximate surface area is 188 Å². The van der Waals surface area contributed by atoms with Crippen molar-refractivity contribution < 1.29 is 23.7 Å². The molecular weight excluding hydrogens is 416 g/mol. The zero-order chi connectivity index (χ0) is 22.1. The Morgan fingerprint density at radius 2 is 1.87 bits per heavy atom. The molecule has 8 heteroatoms. The number of benzene rings is 2. The highest BCUT2D eigenvalue weighted by Crippen LogP contribution is 2.29. The van der Waals surface area contributed by atoms with Gasteiger partial charge in [-0.1, -0.05) is 30.4 Å². The Balaban J connectivity index is 1.63. The minimum atomic E-state index is -0.0659. The van der Waals surface area contributed by atoms with Gasteiger partial charge in [0.2, 0.25) is 0 Å². The maximum absolute atomic E-state index is 12.4. The van der Waals surface area contributed by atoms with Crippen molar-refractivity contribution in [2.24, 2.45) is 0 Å². The number of thiocarbonyl (C=S) groups is 1. The Hall–Kier alpha value is -2.84. The van der Waals surface area contributed by atoms with Crippen molar-refractivity contribution in [1.29, 1.82) is 0 Å². The number of ether oxygens (including phenoxy) is 4. The Morgan fingerprint density at radius 3 is 2.61 bits per heavy atom. The third-order valence-electron chi connectivity index (χ3n) is 4.85. The predicted molar refractivity (Wildman–Crippen MR) is 122 cm³/mol. The summed E-state index contributed by atoms with van der Waals surface area (Å²) >= 11 is 5.56. The molecule has 1 fully saturated rings. The van der Waals surface area contributed by atoms with Crippen molar-refractivity contribution >= 4 is 23.1 Å². The molecule has 31 heavy (non-hydrogen) atoms. The summed E-state index contributed by atoms with van der Waals surface area (Å²) in [6, 6.07) is 13.3. The normalized spacial score (nSPS) is 13.4. The minimum Gasteiger partial charge on any atom is -0.496 e. The number of nitrogens with one attached hydrogen (secondary N) is 1. The second-order valence-electron chi connectivity index (χ2n) is 6.87. The zero-order valence-corrected chi connectivity index (χ0v) is 18.7. The fraction of sp³-hybridized carbons (Fsp3) is 0.391. The van der Waals surface area contributed by atoms with Crippen LogP contribution in [0.15, 0.2) is 42.5 Å². The maximum Gasteiger partial charge on any atom is 0.260 e. The van der Waals surface area contributed by atoms with E-state index in [1.807, 2.05) is 43.3 Å². The van der Waals surface area contributed by atoms with Gasteiger partial charge in [-0.2, -0.15) is 0 Å². The van der Waals surface area contributed by atoms with Crippen molar-refractivity contribution in [3.63, 3.8) is 0 Å². The average molecular weight is 445 g/mol. The second-order valence-corrected chi connectivity index (χ2v) is 7.28. The number of carbonyl (C=O) groups is 1. The van der Waals surface area contributed by atoms with Crippen LogP contribution in [0.3, 0.4) is 0 Å². The van der Waals surface area contributed by atoms with E-state index in [9.17, 15) is 4.79 Å². The van der Waals surface area contributed by atoms with E-state index in [1.165, 1.54) is 0 Å². The highest BCUT2D eigenvalue weighted by molar-refractivity contribution is 7.80. The molecule has 2 aromatic carbocycles. The maximum atomic E-state index is 12.4. The number of methoxy groups -OCH3 is 1. The van der Waals surface area contributed by atoms with Crippen LogP contribution in [-0.4, -0.2) is 62.4 Å². The van der Waals surface area contributed by atoms with E-state index in [1.54, 1.807) is 18.1 Å². The smallest absolute Gasteiger partial charge is 0.260 e. The lowest BCUT2D eigenvalue weighted by molar-refractivity contribution is -0.137. The molecule has 1 aliphatic rings. The van der Waals surface area contributed by atoms with Crippen molar-refractivity contribution in [1.82, 2.24) is 10.2 Å². The lowest BCUT2D eigenvalue weighted by Gasteiger charge is -2.26. The van der Waals surface area contributed by atoms with Gasteiger partial charge >= 0.3 is 0 Å². The number of morpholine rings is 1. The monoisotopic (exact) mass is 444 g/mol. The number of hydrogen-bond donors (Lipinski definition) is 1. The molecular formula is C23H28N2O5S. The lowest BCUT2D eigenvalue weighted by atomic mass is 10.1. The van der Waals surface area contributed by atoms with Crippen LogP contribution < -0.4 is 19.5 Å². The number of carbonyl (C=O) groups excluding carboxylic acids is 1. The van der Waals surface area contributed by atoms with Crippen LogP contribution in [0, 0.1) is 0 Å². The van der Waals surface area contributed by atoms with Crippen LogP contribution in [0.4, 0.5) is 0 Å². The van der Waals surface area contributed by atoms with Crippen molar-refractivity contribution in [2.75, 3.05) is 46.6 Å². The van der Waals surface area contributed by atoms with E-state index >= 15 is 0 Å². The van der Waals surface area contributed by atoms with Gasteiger partial charge in [-0.05, 0) is 31.2 Å². The van der Waals surface area contributed by atoms with Gasteiger partial charge in [0.05, 0.1) is 26.9 Å². The molecule has 1 heterocycles. The Kier molecular flexibility index (Phi) is 8.49. The molecule has 2 aromatic rings. The molecule has 1 aliphatic heterocycles. The number of nitrogens with zero attached hydrogens (tertiary/aromatic N) is 1. The van der Waals surface area contributed by atoms with E-state index in [2.05, 4.69) is 5.32 Å². The molecule has 0 saturated carbocycles. The largest absolute Gasteiger partial charge is 0.496 e. The van der Waals surface area contributed by atoms with E-state index < -0.39 is 0 Å². The zero-order valence-electron chi connectivity index (χ0n) is 17.9. The van der Waals surface area contributed by atoms with Crippen LogP contribution in [0.1, 0.15) is 18.1 Å². The fourth-order valence-corrected chi connectivity index (χ4v) is 3.41. The summed E-state index contributed by atoms with van der Waals surface area (Å²) < 4.78 is 22.2. The van der Waals surface area contributed by atoms with Gasteiger partial charge in [0.15, 0.2) is 18.1 Å². The summed E-state index contributed by atoms with van der Waals surface area (Å²) in [5.74, 6) is 1.81. The highest BCUT2D eigenvalue weighted by Gasteiger charge is 2.18. The Bertz CT molecular complexity index is 899. The second kappa shape index (κ2) is 11.5. The average Bonchev–Trinajstić information content (AvgIpc) is 2.82. The van der Waals surface area contributed by atoms with Gasteiger partial charge in [0.25, 0.3) is 5.91 Å². The van der Waals surface area contributed by atoms with Crippen molar-refractivity contribution in [3.8, 4) is 17.2 Å². The van der Waals surface area contributed by atoms with E-state index in [0.717, 1.165) is 16.9 Å². The number of rotatable bonds is 9. The molecule has 0 aliphatic carbocycles. The van der Waals surface area contributed by atoms with Crippen LogP contribution in [0.2, 0.25) is 0 Å². The summed E-state index contributed by atoms with van der Waals surface area (Å²) in [4.78, 5) is 14.7. The van der Waals surface area contributed by atoms with Gasteiger partial charge in [0.1, 0.15) is 10.7 Å². The molecule has 7 nitrogen and oxygen atoms in total. The first-order valence-electron chi connectivity index (χ1n) is 10.3. The molecule has 1 N–H and O–H groups in total.